The highest BCUT2D eigenvalue weighted by atomic mass is 32.2. The molecule has 108 valence electrons. The molecule has 0 aliphatic rings. The number of rotatable bonds is 5. The van der Waals surface area contributed by atoms with Crippen LogP contribution in [-0.2, 0) is 9.84 Å². The van der Waals surface area contributed by atoms with E-state index in [1.54, 1.807) is 0 Å². The summed E-state index contributed by atoms with van der Waals surface area (Å²) >= 11 is 0. The molecule has 0 bridgehead atoms. The third-order valence-corrected chi connectivity index (χ3v) is 4.11. The molecular formula is C12H16F3NO2S. The van der Waals surface area contributed by atoms with Gasteiger partial charge in [-0.2, -0.15) is 13.2 Å². The van der Waals surface area contributed by atoms with Crippen molar-refractivity contribution in [1.29, 1.82) is 0 Å². The van der Waals surface area contributed by atoms with E-state index < -0.39 is 20.2 Å². The first-order chi connectivity index (χ1) is 8.68. The van der Waals surface area contributed by atoms with Crippen molar-refractivity contribution in [2.24, 2.45) is 0 Å². The van der Waals surface area contributed by atoms with E-state index in [1.165, 1.54) is 12.1 Å². The van der Waals surface area contributed by atoms with Gasteiger partial charge in [-0.05, 0) is 37.6 Å². The Morgan fingerprint density at radius 2 is 1.74 bits per heavy atom. The molecule has 0 radical (unpaired) electrons. The van der Waals surface area contributed by atoms with Gasteiger partial charge in [0.25, 0.3) is 9.84 Å². The van der Waals surface area contributed by atoms with Gasteiger partial charge in [0.05, 0.1) is 4.90 Å². The predicted octanol–water partition coefficient (Wildman–Crippen LogP) is 3.58. The van der Waals surface area contributed by atoms with Gasteiger partial charge in [0.15, 0.2) is 0 Å². The second kappa shape index (κ2) is 5.81. The molecule has 0 saturated heterocycles. The average molecular weight is 295 g/mol. The molecule has 0 heterocycles. The van der Waals surface area contributed by atoms with Gasteiger partial charge >= 0.3 is 5.51 Å². The number of hydrogen-bond acceptors (Lipinski definition) is 3. The number of sulfone groups is 1. The lowest BCUT2D eigenvalue weighted by Crippen LogP contribution is -2.23. The van der Waals surface area contributed by atoms with Crippen LogP contribution < -0.4 is 5.32 Å². The smallest absolute Gasteiger partial charge is 0.383 e. The van der Waals surface area contributed by atoms with Crippen molar-refractivity contribution in [2.75, 3.05) is 5.32 Å². The summed E-state index contributed by atoms with van der Waals surface area (Å²) in [7, 11) is -5.26. The fourth-order valence-electron chi connectivity index (χ4n) is 1.65. The number of alkyl halides is 3. The van der Waals surface area contributed by atoms with Crippen molar-refractivity contribution >= 4 is 15.5 Å². The molecule has 7 heteroatoms. The molecule has 0 amide bonds. The maximum atomic E-state index is 12.3. The first kappa shape index (κ1) is 15.8. The van der Waals surface area contributed by atoms with E-state index in [9.17, 15) is 21.6 Å². The van der Waals surface area contributed by atoms with Crippen LogP contribution >= 0.6 is 0 Å². The van der Waals surface area contributed by atoms with E-state index >= 15 is 0 Å². The number of nitrogens with one attached hydrogen (secondary N) is 1. The van der Waals surface area contributed by atoms with Gasteiger partial charge in [-0.3, -0.25) is 0 Å². The average Bonchev–Trinajstić information content (AvgIpc) is 2.28. The topological polar surface area (TPSA) is 46.2 Å². The normalized spacial score (nSPS) is 14.2. The predicted molar refractivity (Wildman–Crippen MR) is 67.7 cm³/mol. The Balaban J connectivity index is 2.89. The van der Waals surface area contributed by atoms with E-state index in [1.807, 2.05) is 13.8 Å². The van der Waals surface area contributed by atoms with E-state index in [2.05, 4.69) is 5.32 Å². The van der Waals surface area contributed by atoms with Crippen LogP contribution in [0.2, 0.25) is 0 Å². The van der Waals surface area contributed by atoms with Gasteiger partial charge in [-0.25, -0.2) is 8.42 Å². The van der Waals surface area contributed by atoms with Gasteiger partial charge in [0, 0.05) is 11.7 Å². The summed E-state index contributed by atoms with van der Waals surface area (Å²) < 4.78 is 59.3. The molecule has 0 aliphatic carbocycles. The Labute approximate surface area is 110 Å². The van der Waals surface area contributed by atoms with Crippen LogP contribution in [-0.4, -0.2) is 20.0 Å². The minimum Gasteiger partial charge on any atom is -0.383 e. The van der Waals surface area contributed by atoms with E-state index in [0.717, 1.165) is 25.0 Å². The molecular weight excluding hydrogens is 279 g/mol. The van der Waals surface area contributed by atoms with Crippen LogP contribution in [0.4, 0.5) is 18.9 Å². The minimum absolute atomic E-state index is 0.176. The Morgan fingerprint density at radius 3 is 2.16 bits per heavy atom. The molecule has 0 aliphatic heterocycles. The standard InChI is InChI=1S/C12H16F3NO2S/c1-3-4-9(2)16-10-5-7-11(8-6-10)19(17,18)12(13,14)15/h5-9,16H,3-4H2,1-2H3. The molecule has 0 saturated carbocycles. The van der Waals surface area contributed by atoms with E-state index in [0.29, 0.717) is 5.69 Å². The molecule has 1 atom stereocenters. The zero-order valence-corrected chi connectivity index (χ0v) is 11.5. The fraction of sp³-hybridized carbons (Fsp3) is 0.500. The zero-order chi connectivity index (χ0) is 14.7. The summed E-state index contributed by atoms with van der Waals surface area (Å²) in [6.45, 7) is 3.97. The second-order valence-corrected chi connectivity index (χ2v) is 6.25. The summed E-state index contributed by atoms with van der Waals surface area (Å²) in [6, 6.07) is 4.78. The lowest BCUT2D eigenvalue weighted by molar-refractivity contribution is -0.0436. The summed E-state index contributed by atoms with van der Waals surface area (Å²) in [4.78, 5) is -0.742. The number of anilines is 1. The van der Waals surface area contributed by atoms with Crippen molar-refractivity contribution in [2.45, 2.75) is 43.1 Å². The van der Waals surface area contributed by atoms with Crippen LogP contribution in [0.5, 0.6) is 0 Å². The van der Waals surface area contributed by atoms with Crippen molar-refractivity contribution < 1.29 is 21.6 Å². The molecule has 19 heavy (non-hydrogen) atoms. The van der Waals surface area contributed by atoms with Crippen LogP contribution in [0, 0.1) is 0 Å². The summed E-state index contributed by atoms with van der Waals surface area (Å²) in [5, 5.41) is 3.08. The summed E-state index contributed by atoms with van der Waals surface area (Å²) in [5.74, 6) is 0. The first-order valence-electron chi connectivity index (χ1n) is 5.86. The Hall–Kier alpha value is -1.24. The zero-order valence-electron chi connectivity index (χ0n) is 10.7. The highest BCUT2D eigenvalue weighted by Gasteiger charge is 2.46. The second-order valence-electron chi connectivity index (χ2n) is 4.31. The maximum Gasteiger partial charge on any atom is 0.501 e. The van der Waals surface area contributed by atoms with Crippen molar-refractivity contribution in [3.05, 3.63) is 24.3 Å². The Bertz CT molecular complexity index is 509. The number of benzene rings is 1. The molecule has 0 fully saturated rings. The van der Waals surface area contributed by atoms with Gasteiger partial charge in [0.2, 0.25) is 0 Å². The molecule has 1 N–H and O–H groups in total. The fourth-order valence-corrected chi connectivity index (χ4v) is 2.42. The maximum absolute atomic E-state index is 12.3. The molecule has 1 aromatic rings. The third-order valence-electron chi connectivity index (χ3n) is 2.60. The molecule has 1 unspecified atom stereocenters. The Kier molecular flexibility index (Phi) is 4.84. The number of hydrogen-bond donors (Lipinski definition) is 1. The third kappa shape index (κ3) is 3.86. The molecule has 1 rings (SSSR count). The van der Waals surface area contributed by atoms with Crippen LogP contribution in [0.3, 0.4) is 0 Å². The molecule has 0 spiro atoms. The highest BCUT2D eigenvalue weighted by Crippen LogP contribution is 2.30. The SMILES string of the molecule is CCCC(C)Nc1ccc(S(=O)(=O)C(F)(F)F)cc1. The van der Waals surface area contributed by atoms with Gasteiger partial charge in [0.1, 0.15) is 0 Å². The summed E-state index contributed by atoms with van der Waals surface area (Å²) in [5.41, 5.74) is -4.67. The van der Waals surface area contributed by atoms with Crippen molar-refractivity contribution in [3.8, 4) is 0 Å². The molecule has 0 aromatic heterocycles. The number of halogens is 3. The van der Waals surface area contributed by atoms with Gasteiger partial charge < -0.3 is 5.32 Å². The Morgan fingerprint density at radius 1 is 1.21 bits per heavy atom. The van der Waals surface area contributed by atoms with E-state index in [-0.39, 0.29) is 6.04 Å². The van der Waals surface area contributed by atoms with Crippen LogP contribution in [0.15, 0.2) is 29.2 Å². The highest BCUT2D eigenvalue weighted by molar-refractivity contribution is 7.92. The van der Waals surface area contributed by atoms with Gasteiger partial charge in [-0.1, -0.05) is 13.3 Å². The lowest BCUT2D eigenvalue weighted by Gasteiger charge is -2.15. The summed E-state index contributed by atoms with van der Waals surface area (Å²) in [6.07, 6.45) is 1.90. The minimum atomic E-state index is -5.27. The van der Waals surface area contributed by atoms with Crippen molar-refractivity contribution in [1.82, 2.24) is 0 Å². The van der Waals surface area contributed by atoms with Crippen molar-refractivity contribution in [3.63, 3.8) is 0 Å². The van der Waals surface area contributed by atoms with Crippen LogP contribution in [0.1, 0.15) is 26.7 Å². The van der Waals surface area contributed by atoms with Crippen LogP contribution in [0.25, 0.3) is 0 Å². The quantitative estimate of drug-likeness (QED) is 0.903. The largest absolute Gasteiger partial charge is 0.501 e. The molecule has 3 nitrogen and oxygen atoms in total. The molecule has 1 aromatic carbocycles. The lowest BCUT2D eigenvalue weighted by atomic mass is 10.2. The van der Waals surface area contributed by atoms with Gasteiger partial charge in [-0.15, -0.1) is 0 Å². The first-order valence-corrected chi connectivity index (χ1v) is 7.34. The monoisotopic (exact) mass is 295 g/mol. The van der Waals surface area contributed by atoms with E-state index in [4.69, 9.17) is 0 Å².